The van der Waals surface area contributed by atoms with Crippen LogP contribution < -0.4 is 4.90 Å². The van der Waals surface area contributed by atoms with Crippen molar-refractivity contribution < 1.29 is 4.79 Å². The smallest absolute Gasteiger partial charge is 0.163 e. The van der Waals surface area contributed by atoms with Gasteiger partial charge in [0.25, 0.3) is 0 Å². The summed E-state index contributed by atoms with van der Waals surface area (Å²) in [6.07, 6.45) is 1.42. The predicted molar refractivity (Wildman–Crippen MR) is 77.7 cm³/mol. The molecule has 0 aliphatic heterocycles. The number of ketones is 1. The van der Waals surface area contributed by atoms with Crippen LogP contribution in [-0.2, 0) is 6.42 Å². The maximum atomic E-state index is 12.0. The number of nitrogens with zero attached hydrogens (tertiary/aromatic N) is 1. The van der Waals surface area contributed by atoms with E-state index >= 15 is 0 Å². The van der Waals surface area contributed by atoms with Gasteiger partial charge in [-0.05, 0) is 42.1 Å². The number of hydrogen-bond donors (Lipinski definition) is 0. The molecule has 18 heavy (non-hydrogen) atoms. The van der Waals surface area contributed by atoms with Gasteiger partial charge < -0.3 is 4.90 Å². The Hall–Kier alpha value is -1.61. The molecule has 0 saturated carbocycles. The number of Topliss-reactive ketones (excluding diaryl/α,β-unsaturated/α-hetero) is 1. The van der Waals surface area contributed by atoms with Gasteiger partial charge in [-0.15, -0.1) is 11.3 Å². The van der Waals surface area contributed by atoms with Crippen molar-refractivity contribution in [3.8, 4) is 0 Å². The van der Waals surface area contributed by atoms with E-state index in [1.165, 1.54) is 4.88 Å². The lowest BCUT2D eigenvalue weighted by atomic mass is 10.1. The Morgan fingerprint density at radius 2 is 1.89 bits per heavy atom. The molecule has 1 heterocycles. The monoisotopic (exact) mass is 259 g/mol. The van der Waals surface area contributed by atoms with Gasteiger partial charge in [0.2, 0.25) is 0 Å². The Kier molecular flexibility index (Phi) is 4.15. The van der Waals surface area contributed by atoms with Crippen LogP contribution in [0.3, 0.4) is 0 Å². The lowest BCUT2D eigenvalue weighted by Crippen LogP contribution is -2.09. The highest BCUT2D eigenvalue weighted by Crippen LogP contribution is 2.16. The normalized spacial score (nSPS) is 10.3. The fraction of sp³-hybridized carbons (Fsp3) is 0.267. The molecule has 2 aromatic rings. The standard InChI is InChI=1S/C15H17NOS/c1-16(2)13-7-5-12(6-8-13)15(17)10-9-14-4-3-11-18-14/h3-8,11H,9-10H2,1-2H3. The van der Waals surface area contributed by atoms with Gasteiger partial charge in [-0.2, -0.15) is 0 Å². The molecule has 2 nitrogen and oxygen atoms in total. The van der Waals surface area contributed by atoms with Crippen molar-refractivity contribution in [2.45, 2.75) is 12.8 Å². The molecule has 94 valence electrons. The van der Waals surface area contributed by atoms with Gasteiger partial charge in [0.1, 0.15) is 0 Å². The maximum absolute atomic E-state index is 12.0. The topological polar surface area (TPSA) is 20.3 Å². The van der Waals surface area contributed by atoms with Gasteiger partial charge in [0.05, 0.1) is 0 Å². The first-order valence-electron chi connectivity index (χ1n) is 6.00. The fourth-order valence-electron chi connectivity index (χ4n) is 1.78. The Morgan fingerprint density at radius 1 is 1.17 bits per heavy atom. The van der Waals surface area contributed by atoms with Crippen molar-refractivity contribution in [3.63, 3.8) is 0 Å². The zero-order valence-corrected chi connectivity index (χ0v) is 11.5. The fourth-order valence-corrected chi connectivity index (χ4v) is 2.49. The third kappa shape index (κ3) is 3.20. The molecule has 0 amide bonds. The molecule has 0 N–H and O–H groups in total. The summed E-state index contributed by atoms with van der Waals surface area (Å²) in [6.45, 7) is 0. The summed E-state index contributed by atoms with van der Waals surface area (Å²) in [6, 6.07) is 11.9. The van der Waals surface area contributed by atoms with Crippen LogP contribution in [0.5, 0.6) is 0 Å². The third-order valence-electron chi connectivity index (χ3n) is 2.88. The van der Waals surface area contributed by atoms with Gasteiger partial charge in [0.15, 0.2) is 5.78 Å². The zero-order valence-electron chi connectivity index (χ0n) is 10.7. The van der Waals surface area contributed by atoms with Crippen LogP contribution in [-0.4, -0.2) is 19.9 Å². The van der Waals surface area contributed by atoms with Crippen LogP contribution in [0.1, 0.15) is 21.7 Å². The number of rotatable bonds is 5. The van der Waals surface area contributed by atoms with Gasteiger partial charge >= 0.3 is 0 Å². The Balaban J connectivity index is 1.96. The average Bonchev–Trinajstić information content (AvgIpc) is 2.89. The molecule has 0 spiro atoms. The number of anilines is 1. The van der Waals surface area contributed by atoms with E-state index in [4.69, 9.17) is 0 Å². The van der Waals surface area contributed by atoms with Crippen molar-refractivity contribution in [1.29, 1.82) is 0 Å². The summed E-state index contributed by atoms with van der Waals surface area (Å²) in [5.74, 6) is 0.216. The lowest BCUT2D eigenvalue weighted by Gasteiger charge is -2.12. The van der Waals surface area contributed by atoms with Crippen LogP contribution in [0.2, 0.25) is 0 Å². The maximum Gasteiger partial charge on any atom is 0.163 e. The molecule has 0 atom stereocenters. The molecule has 2 rings (SSSR count). The first-order valence-corrected chi connectivity index (χ1v) is 6.88. The summed E-state index contributed by atoms with van der Waals surface area (Å²) >= 11 is 1.71. The first kappa shape index (κ1) is 12.8. The Bertz CT molecular complexity index is 500. The SMILES string of the molecule is CN(C)c1ccc(C(=O)CCc2cccs2)cc1. The van der Waals surface area contributed by atoms with Gasteiger partial charge in [0, 0.05) is 36.6 Å². The van der Waals surface area contributed by atoms with Crippen molar-refractivity contribution in [2.24, 2.45) is 0 Å². The molecule has 0 saturated heterocycles. The van der Waals surface area contributed by atoms with E-state index < -0.39 is 0 Å². The first-order chi connectivity index (χ1) is 8.66. The molecular weight excluding hydrogens is 242 g/mol. The zero-order chi connectivity index (χ0) is 13.0. The van der Waals surface area contributed by atoms with E-state index in [0.29, 0.717) is 6.42 Å². The number of benzene rings is 1. The lowest BCUT2D eigenvalue weighted by molar-refractivity contribution is 0.0983. The molecule has 0 aliphatic carbocycles. The average molecular weight is 259 g/mol. The summed E-state index contributed by atoms with van der Waals surface area (Å²) in [4.78, 5) is 15.3. The molecule has 0 radical (unpaired) electrons. The highest BCUT2D eigenvalue weighted by atomic mass is 32.1. The molecule has 1 aromatic heterocycles. The third-order valence-corrected chi connectivity index (χ3v) is 3.82. The molecular formula is C15H17NOS. The highest BCUT2D eigenvalue weighted by Gasteiger charge is 2.07. The second-order valence-corrected chi connectivity index (χ2v) is 5.48. The number of carbonyl (C=O) groups is 1. The van der Waals surface area contributed by atoms with Gasteiger partial charge in [-0.1, -0.05) is 6.07 Å². The predicted octanol–water partition coefficient (Wildman–Crippen LogP) is 3.63. The van der Waals surface area contributed by atoms with E-state index in [1.54, 1.807) is 11.3 Å². The summed E-state index contributed by atoms with van der Waals surface area (Å²) in [5, 5.41) is 2.05. The summed E-state index contributed by atoms with van der Waals surface area (Å²) < 4.78 is 0. The van der Waals surface area contributed by atoms with E-state index in [9.17, 15) is 4.79 Å². The number of hydrogen-bond acceptors (Lipinski definition) is 3. The molecule has 1 aromatic carbocycles. The highest BCUT2D eigenvalue weighted by molar-refractivity contribution is 7.09. The summed E-state index contributed by atoms with van der Waals surface area (Å²) in [5.41, 5.74) is 1.92. The van der Waals surface area contributed by atoms with Crippen LogP contribution in [0.25, 0.3) is 0 Å². The minimum Gasteiger partial charge on any atom is -0.378 e. The second kappa shape index (κ2) is 5.83. The number of carbonyl (C=O) groups excluding carboxylic acids is 1. The van der Waals surface area contributed by atoms with Crippen LogP contribution in [0, 0.1) is 0 Å². The Morgan fingerprint density at radius 3 is 2.44 bits per heavy atom. The largest absolute Gasteiger partial charge is 0.378 e. The van der Waals surface area contributed by atoms with Crippen molar-refractivity contribution in [2.75, 3.05) is 19.0 Å². The van der Waals surface area contributed by atoms with E-state index in [1.807, 2.05) is 54.7 Å². The Labute approximate surface area is 112 Å². The van der Waals surface area contributed by atoms with Gasteiger partial charge in [-0.25, -0.2) is 0 Å². The van der Waals surface area contributed by atoms with Crippen molar-refractivity contribution in [3.05, 3.63) is 52.2 Å². The van der Waals surface area contributed by atoms with Crippen LogP contribution >= 0.6 is 11.3 Å². The molecule has 0 fully saturated rings. The van der Waals surface area contributed by atoms with Gasteiger partial charge in [-0.3, -0.25) is 4.79 Å². The van der Waals surface area contributed by atoms with Crippen molar-refractivity contribution >= 4 is 22.8 Å². The molecule has 0 bridgehead atoms. The van der Waals surface area contributed by atoms with Crippen LogP contribution in [0.15, 0.2) is 41.8 Å². The molecule has 3 heteroatoms. The summed E-state index contributed by atoms with van der Waals surface area (Å²) in [7, 11) is 3.99. The number of thiophene rings is 1. The minimum absolute atomic E-state index is 0.216. The van der Waals surface area contributed by atoms with E-state index in [2.05, 4.69) is 6.07 Å². The van der Waals surface area contributed by atoms with E-state index in [-0.39, 0.29) is 5.78 Å². The van der Waals surface area contributed by atoms with E-state index in [0.717, 1.165) is 17.7 Å². The quantitative estimate of drug-likeness (QED) is 0.764. The minimum atomic E-state index is 0.216. The second-order valence-electron chi connectivity index (χ2n) is 4.44. The number of aryl methyl sites for hydroxylation is 1. The van der Waals surface area contributed by atoms with Crippen LogP contribution in [0.4, 0.5) is 5.69 Å². The molecule has 0 aliphatic rings. The van der Waals surface area contributed by atoms with Crippen molar-refractivity contribution in [1.82, 2.24) is 0 Å². The molecule has 0 unspecified atom stereocenters.